The molecule has 0 fully saturated rings. The monoisotopic (exact) mass is 490 g/mol. The molecule has 0 bridgehead atoms. The summed E-state index contributed by atoms with van der Waals surface area (Å²) >= 11 is 5.97. The minimum atomic E-state index is -0.548. The highest BCUT2D eigenvalue weighted by molar-refractivity contribution is 6.30. The van der Waals surface area contributed by atoms with Crippen molar-refractivity contribution in [3.63, 3.8) is 0 Å². The molecule has 3 aromatic heterocycles. The van der Waals surface area contributed by atoms with Gasteiger partial charge in [-0.25, -0.2) is 23.2 Å². The molecule has 1 N–H and O–H groups in total. The Morgan fingerprint density at radius 1 is 1.06 bits per heavy atom. The van der Waals surface area contributed by atoms with Gasteiger partial charge in [-0.1, -0.05) is 35.9 Å². The van der Waals surface area contributed by atoms with Crippen LogP contribution in [0.2, 0.25) is 5.02 Å². The van der Waals surface area contributed by atoms with Crippen molar-refractivity contribution in [2.75, 3.05) is 11.9 Å². The van der Waals surface area contributed by atoms with Crippen LogP contribution in [0, 0.1) is 0 Å². The molecule has 0 saturated heterocycles. The first-order valence-corrected chi connectivity index (χ1v) is 11.1. The first kappa shape index (κ1) is 22.4. The Labute approximate surface area is 203 Å². The van der Waals surface area contributed by atoms with Gasteiger partial charge < -0.3 is 10.1 Å². The minimum absolute atomic E-state index is 0.209. The highest BCUT2D eigenvalue weighted by Gasteiger charge is 2.18. The fourth-order valence-electron chi connectivity index (χ4n) is 3.70. The number of carbonyl (C=O) groups excluding carboxylic acids is 2. The molecule has 0 atom stereocenters. The molecule has 3 heterocycles. The predicted molar refractivity (Wildman–Crippen MR) is 130 cm³/mol. The minimum Gasteiger partial charge on any atom is -0.462 e. The van der Waals surface area contributed by atoms with E-state index in [1.807, 2.05) is 18.2 Å². The lowest BCUT2D eigenvalue weighted by Crippen LogP contribution is -2.28. The third-order valence-electron chi connectivity index (χ3n) is 5.32. The van der Waals surface area contributed by atoms with Crippen LogP contribution in [0.4, 0.5) is 5.69 Å². The van der Waals surface area contributed by atoms with Crippen LogP contribution in [0.1, 0.15) is 17.3 Å². The summed E-state index contributed by atoms with van der Waals surface area (Å²) in [6.07, 6.45) is 3.19. The number of hydrogen-bond acceptors (Lipinski definition) is 6. The van der Waals surface area contributed by atoms with Crippen LogP contribution in [0.5, 0.6) is 0 Å². The molecule has 11 heteroatoms. The Balaban J connectivity index is 1.44. The van der Waals surface area contributed by atoms with E-state index in [4.69, 9.17) is 16.3 Å². The number of benzene rings is 2. The maximum absolute atomic E-state index is 12.9. The number of nitrogens with zero attached hydrogens (tertiary/aromatic N) is 5. The molecule has 0 aliphatic carbocycles. The Morgan fingerprint density at radius 3 is 2.60 bits per heavy atom. The van der Waals surface area contributed by atoms with Crippen molar-refractivity contribution in [2.24, 2.45) is 0 Å². The van der Waals surface area contributed by atoms with Gasteiger partial charge >= 0.3 is 11.7 Å². The zero-order valence-electron chi connectivity index (χ0n) is 18.5. The summed E-state index contributed by atoms with van der Waals surface area (Å²) in [4.78, 5) is 37.8. The van der Waals surface area contributed by atoms with Crippen molar-refractivity contribution in [1.29, 1.82) is 0 Å². The number of hydrogen-bond donors (Lipinski definition) is 1. The molecule has 10 nitrogen and oxygen atoms in total. The van der Waals surface area contributed by atoms with Gasteiger partial charge in [0, 0.05) is 23.0 Å². The van der Waals surface area contributed by atoms with Crippen molar-refractivity contribution < 1.29 is 14.3 Å². The van der Waals surface area contributed by atoms with E-state index in [-0.39, 0.29) is 18.7 Å². The Hall–Kier alpha value is -4.44. The number of carbonyl (C=O) groups is 2. The van der Waals surface area contributed by atoms with Crippen LogP contribution < -0.4 is 11.0 Å². The topological polar surface area (TPSA) is 112 Å². The van der Waals surface area contributed by atoms with Crippen molar-refractivity contribution in [3.8, 4) is 11.3 Å². The van der Waals surface area contributed by atoms with Crippen molar-refractivity contribution in [3.05, 3.63) is 88.1 Å². The number of amides is 1. The normalized spacial score (nSPS) is 11.1. The summed E-state index contributed by atoms with van der Waals surface area (Å²) < 4.78 is 9.06. The number of para-hydroxylation sites is 1. The maximum Gasteiger partial charge on any atom is 0.350 e. The lowest BCUT2D eigenvalue weighted by molar-refractivity contribution is -0.117. The predicted octanol–water partition coefficient (Wildman–Crippen LogP) is 3.28. The highest BCUT2D eigenvalue weighted by Crippen LogP contribution is 2.23. The molecule has 0 aliphatic rings. The molecule has 0 spiro atoms. The van der Waals surface area contributed by atoms with Crippen LogP contribution in [-0.4, -0.2) is 42.3 Å². The number of rotatable bonds is 6. The second-order valence-corrected chi connectivity index (χ2v) is 8.05. The van der Waals surface area contributed by atoms with E-state index >= 15 is 0 Å². The van der Waals surface area contributed by atoms with Gasteiger partial charge in [0.1, 0.15) is 12.1 Å². The molecule has 1 amide bonds. The Kier molecular flexibility index (Phi) is 5.79. The maximum atomic E-state index is 12.9. The molecule has 5 aromatic rings. The number of anilines is 1. The molecule has 2 aromatic carbocycles. The van der Waals surface area contributed by atoms with Gasteiger partial charge in [0.2, 0.25) is 5.91 Å². The number of halogens is 1. The SMILES string of the molecule is CCOC(=O)c1ccccc1NC(=O)Cn1nc2c3cc(-c4ccc(Cl)cc4)nn3ccn2c1=O. The summed E-state index contributed by atoms with van der Waals surface area (Å²) in [5, 5.41) is 12.2. The molecule has 5 rings (SSSR count). The largest absolute Gasteiger partial charge is 0.462 e. The Morgan fingerprint density at radius 2 is 1.83 bits per heavy atom. The molecule has 0 unspecified atom stereocenters. The number of aromatic nitrogens is 5. The number of fused-ring (bicyclic) bond motifs is 3. The second kappa shape index (κ2) is 9.07. The van der Waals surface area contributed by atoms with Crippen LogP contribution in [-0.2, 0) is 16.1 Å². The third-order valence-corrected chi connectivity index (χ3v) is 5.57. The Bertz CT molecular complexity index is 1630. The molecular formula is C24H19ClN6O4. The molecule has 35 heavy (non-hydrogen) atoms. The van der Waals surface area contributed by atoms with Gasteiger partial charge in [-0.3, -0.25) is 4.79 Å². The molecule has 176 valence electrons. The first-order chi connectivity index (χ1) is 16.9. The van der Waals surface area contributed by atoms with Gasteiger partial charge in [-0.2, -0.15) is 5.10 Å². The van der Waals surface area contributed by atoms with Gasteiger partial charge in [-0.05, 0) is 37.3 Å². The summed E-state index contributed by atoms with van der Waals surface area (Å²) in [6, 6.07) is 15.6. The fraction of sp³-hybridized carbons (Fsp3) is 0.125. The van der Waals surface area contributed by atoms with Crippen molar-refractivity contribution in [1.82, 2.24) is 23.8 Å². The van der Waals surface area contributed by atoms with Crippen molar-refractivity contribution >= 4 is 40.3 Å². The quantitative estimate of drug-likeness (QED) is 0.365. The first-order valence-electron chi connectivity index (χ1n) is 10.7. The van der Waals surface area contributed by atoms with Gasteiger partial charge in [0.05, 0.1) is 23.6 Å². The van der Waals surface area contributed by atoms with Crippen LogP contribution in [0.3, 0.4) is 0 Å². The average Bonchev–Trinajstić information content (AvgIpc) is 3.41. The highest BCUT2D eigenvalue weighted by atomic mass is 35.5. The van der Waals surface area contributed by atoms with Crippen LogP contribution >= 0.6 is 11.6 Å². The van der Waals surface area contributed by atoms with E-state index in [1.165, 1.54) is 4.40 Å². The summed E-state index contributed by atoms with van der Waals surface area (Å²) in [7, 11) is 0. The van der Waals surface area contributed by atoms with E-state index in [1.54, 1.807) is 60.2 Å². The average molecular weight is 491 g/mol. The van der Waals surface area contributed by atoms with E-state index in [9.17, 15) is 14.4 Å². The van der Waals surface area contributed by atoms with Gasteiger partial charge in [-0.15, -0.1) is 5.10 Å². The van der Waals surface area contributed by atoms with E-state index < -0.39 is 17.6 Å². The fourth-order valence-corrected chi connectivity index (χ4v) is 3.83. The standard InChI is InChI=1S/C24H19ClN6O4/c1-2-35-23(33)17-5-3-4-6-18(17)26-21(32)14-31-24(34)29-11-12-30-20(22(29)28-31)13-19(27-30)15-7-9-16(25)10-8-15/h3-13H,2,14H2,1H3,(H,26,32). The summed E-state index contributed by atoms with van der Waals surface area (Å²) in [6.45, 7) is 1.56. The molecule has 0 radical (unpaired) electrons. The summed E-state index contributed by atoms with van der Waals surface area (Å²) in [5.41, 5.74) is 2.53. The third kappa shape index (κ3) is 4.26. The van der Waals surface area contributed by atoms with E-state index in [0.717, 1.165) is 10.2 Å². The molecular weight excluding hydrogens is 472 g/mol. The van der Waals surface area contributed by atoms with Crippen LogP contribution in [0.25, 0.3) is 22.4 Å². The van der Waals surface area contributed by atoms with E-state index in [0.29, 0.717) is 27.6 Å². The smallest absolute Gasteiger partial charge is 0.350 e. The lowest BCUT2D eigenvalue weighted by atomic mass is 10.1. The number of esters is 1. The molecule has 0 saturated carbocycles. The van der Waals surface area contributed by atoms with E-state index in [2.05, 4.69) is 15.5 Å². The number of ether oxygens (including phenoxy) is 1. The van der Waals surface area contributed by atoms with Crippen molar-refractivity contribution in [2.45, 2.75) is 13.5 Å². The number of nitrogens with one attached hydrogen (secondary N) is 1. The second-order valence-electron chi connectivity index (χ2n) is 7.61. The molecule has 0 aliphatic heterocycles. The zero-order valence-corrected chi connectivity index (χ0v) is 19.3. The summed E-state index contributed by atoms with van der Waals surface area (Å²) in [5.74, 6) is -1.06. The zero-order chi connectivity index (χ0) is 24.5. The van der Waals surface area contributed by atoms with Gasteiger partial charge in [0.25, 0.3) is 0 Å². The lowest BCUT2D eigenvalue weighted by Gasteiger charge is -2.10. The van der Waals surface area contributed by atoms with Gasteiger partial charge in [0.15, 0.2) is 5.65 Å². The van der Waals surface area contributed by atoms with Crippen LogP contribution in [0.15, 0.2) is 71.8 Å².